The summed E-state index contributed by atoms with van der Waals surface area (Å²) < 4.78 is 71.5. The molecule has 2 unspecified atom stereocenters. The molecule has 2 amide bonds. The maximum atomic E-state index is 13.1. The SMILES string of the molecule is CCC1(CC(NC=O)c2ccc(OCC(F)(F)F)c(S(=O)(=O)NC(=S)NC(C)C)c2)C(=O)NC=C1C. The third-order valence-electron chi connectivity index (χ3n) is 5.73. The molecule has 0 aliphatic carbocycles. The van der Waals surface area contributed by atoms with E-state index in [0.29, 0.717) is 12.8 Å². The van der Waals surface area contributed by atoms with Crippen molar-refractivity contribution in [3.63, 3.8) is 0 Å². The molecule has 1 aliphatic heterocycles. The van der Waals surface area contributed by atoms with E-state index in [1.165, 1.54) is 6.07 Å². The summed E-state index contributed by atoms with van der Waals surface area (Å²) in [5.74, 6) is -0.828. The molecule has 2 rings (SSSR count). The van der Waals surface area contributed by atoms with Crippen LogP contribution in [0.1, 0.15) is 52.1 Å². The summed E-state index contributed by atoms with van der Waals surface area (Å²) in [6, 6.07) is 2.45. The lowest BCUT2D eigenvalue weighted by molar-refractivity contribution is -0.153. The Bertz CT molecular complexity index is 1140. The minimum absolute atomic E-state index is 0.0827. The fourth-order valence-corrected chi connectivity index (χ4v) is 5.53. The van der Waals surface area contributed by atoms with E-state index in [-0.39, 0.29) is 29.0 Å². The van der Waals surface area contributed by atoms with Crippen molar-refractivity contribution in [2.75, 3.05) is 6.61 Å². The van der Waals surface area contributed by atoms with E-state index in [9.17, 15) is 31.2 Å². The lowest BCUT2D eigenvalue weighted by Crippen LogP contribution is -2.42. The lowest BCUT2D eigenvalue weighted by atomic mass is 9.73. The third-order valence-corrected chi connectivity index (χ3v) is 7.45. The maximum absolute atomic E-state index is 13.1. The molecule has 4 N–H and O–H groups in total. The molecule has 1 heterocycles. The summed E-state index contributed by atoms with van der Waals surface area (Å²) in [5.41, 5.74) is 0.00829. The molecule has 0 saturated carbocycles. The molecule has 0 aromatic heterocycles. The van der Waals surface area contributed by atoms with Crippen molar-refractivity contribution in [2.24, 2.45) is 5.41 Å². The van der Waals surface area contributed by atoms with Gasteiger partial charge in [-0.15, -0.1) is 0 Å². The second kappa shape index (κ2) is 11.5. The van der Waals surface area contributed by atoms with Crippen LogP contribution in [-0.2, 0) is 19.6 Å². The van der Waals surface area contributed by atoms with Gasteiger partial charge in [0.2, 0.25) is 12.3 Å². The van der Waals surface area contributed by atoms with Gasteiger partial charge in [0.1, 0.15) is 10.6 Å². The largest absolute Gasteiger partial charge is 0.483 e. The van der Waals surface area contributed by atoms with Gasteiger partial charge in [0.15, 0.2) is 11.7 Å². The van der Waals surface area contributed by atoms with E-state index in [1.54, 1.807) is 33.9 Å². The molecule has 1 aliphatic rings. The number of carbonyl (C=O) groups excluding carboxylic acids is 2. The van der Waals surface area contributed by atoms with Crippen LogP contribution in [0, 0.1) is 5.41 Å². The topological polar surface area (TPSA) is 126 Å². The number of sulfonamides is 1. The summed E-state index contributed by atoms with van der Waals surface area (Å²) in [6.45, 7) is 5.28. The first-order valence-electron chi connectivity index (χ1n) is 11.0. The van der Waals surface area contributed by atoms with Crippen LogP contribution in [0.15, 0.2) is 34.9 Å². The average molecular weight is 551 g/mol. The number of hydrogen-bond donors (Lipinski definition) is 4. The summed E-state index contributed by atoms with van der Waals surface area (Å²) in [6.07, 6.45) is -2.26. The van der Waals surface area contributed by atoms with Gasteiger partial charge in [0.25, 0.3) is 10.0 Å². The highest BCUT2D eigenvalue weighted by atomic mass is 32.2. The van der Waals surface area contributed by atoms with E-state index in [2.05, 4.69) is 20.7 Å². The number of amides is 2. The second-order valence-corrected chi connectivity index (χ2v) is 10.7. The number of carbonyl (C=O) groups is 2. The number of rotatable bonds is 11. The monoisotopic (exact) mass is 550 g/mol. The van der Waals surface area contributed by atoms with Crippen molar-refractivity contribution in [3.8, 4) is 5.75 Å². The molecule has 1 aromatic rings. The third kappa shape index (κ3) is 7.09. The molecular formula is C22H29F3N4O5S2. The molecule has 1 aromatic carbocycles. The molecule has 0 fully saturated rings. The first-order valence-corrected chi connectivity index (χ1v) is 12.9. The smallest absolute Gasteiger partial charge is 0.422 e. The van der Waals surface area contributed by atoms with Crippen molar-refractivity contribution in [1.82, 2.24) is 20.7 Å². The molecule has 36 heavy (non-hydrogen) atoms. The average Bonchev–Trinajstić information content (AvgIpc) is 3.04. The zero-order valence-electron chi connectivity index (χ0n) is 20.2. The van der Waals surface area contributed by atoms with Gasteiger partial charge < -0.3 is 20.7 Å². The van der Waals surface area contributed by atoms with E-state index in [4.69, 9.17) is 17.0 Å². The Labute approximate surface area is 213 Å². The molecule has 0 saturated heterocycles. The Kier molecular flexibility index (Phi) is 9.34. The van der Waals surface area contributed by atoms with Gasteiger partial charge in [-0.05, 0) is 69.1 Å². The summed E-state index contributed by atoms with van der Waals surface area (Å²) in [5, 5.41) is 7.66. The standard InChI is InChI=1S/C22H29F3N4O5S2/c1-5-21(14(4)10-26-19(21)31)9-16(27-12-30)15-6-7-17(34-11-22(23,24)25)18(8-15)36(32,33)29-20(35)28-13(2)3/h6-8,10,12-13,16H,5,9,11H2,1-4H3,(H,26,31)(H,27,30)(H2,28,29,35). The number of thiocarbonyl (C=S) groups is 1. The van der Waals surface area contributed by atoms with Crippen molar-refractivity contribution in [2.45, 2.75) is 63.7 Å². The highest BCUT2D eigenvalue weighted by Crippen LogP contribution is 2.43. The number of hydrogen-bond acceptors (Lipinski definition) is 6. The highest BCUT2D eigenvalue weighted by Gasteiger charge is 2.44. The van der Waals surface area contributed by atoms with Gasteiger partial charge in [0.05, 0.1) is 11.5 Å². The maximum Gasteiger partial charge on any atom is 0.422 e. The fourth-order valence-electron chi connectivity index (χ4n) is 3.87. The zero-order valence-corrected chi connectivity index (χ0v) is 21.8. The zero-order chi connectivity index (χ0) is 27.3. The van der Waals surface area contributed by atoms with Crippen LogP contribution in [0.5, 0.6) is 5.75 Å². The van der Waals surface area contributed by atoms with Crippen molar-refractivity contribution in [3.05, 3.63) is 35.5 Å². The van der Waals surface area contributed by atoms with Crippen molar-refractivity contribution < 1.29 is 35.9 Å². The predicted octanol–water partition coefficient (Wildman–Crippen LogP) is 2.80. The number of nitrogens with one attached hydrogen (secondary N) is 4. The van der Waals surface area contributed by atoms with Gasteiger partial charge in [-0.2, -0.15) is 13.2 Å². The minimum atomic E-state index is -4.71. The molecule has 14 heteroatoms. The van der Waals surface area contributed by atoms with Gasteiger partial charge in [-0.3, -0.25) is 14.3 Å². The normalized spacial score (nSPS) is 18.8. The molecular weight excluding hydrogens is 521 g/mol. The molecule has 0 spiro atoms. The number of halogens is 3. The number of ether oxygens (including phenoxy) is 1. The van der Waals surface area contributed by atoms with Crippen molar-refractivity contribution >= 4 is 39.7 Å². The Morgan fingerprint density at radius 3 is 2.47 bits per heavy atom. The Morgan fingerprint density at radius 2 is 1.97 bits per heavy atom. The summed E-state index contributed by atoms with van der Waals surface area (Å²) in [7, 11) is -4.50. The first-order chi connectivity index (χ1) is 16.6. The second-order valence-electron chi connectivity index (χ2n) is 8.62. The van der Waals surface area contributed by atoms with Crippen LogP contribution in [0.4, 0.5) is 13.2 Å². The minimum Gasteiger partial charge on any atom is -0.483 e. The van der Waals surface area contributed by atoms with Crippen LogP contribution in [0.2, 0.25) is 0 Å². The number of benzene rings is 1. The van der Waals surface area contributed by atoms with Crippen LogP contribution in [-0.4, -0.2) is 44.7 Å². The first kappa shape index (κ1) is 29.4. The van der Waals surface area contributed by atoms with Crippen molar-refractivity contribution in [1.29, 1.82) is 0 Å². The lowest BCUT2D eigenvalue weighted by Gasteiger charge is -2.31. The molecule has 0 radical (unpaired) electrons. The Balaban J connectivity index is 2.55. The van der Waals surface area contributed by atoms with Gasteiger partial charge in [-0.1, -0.05) is 13.0 Å². The van der Waals surface area contributed by atoms with E-state index >= 15 is 0 Å². The van der Waals surface area contributed by atoms with Gasteiger partial charge in [0, 0.05) is 12.2 Å². The van der Waals surface area contributed by atoms with Gasteiger partial charge in [-0.25, -0.2) is 8.42 Å². The van der Waals surface area contributed by atoms with Gasteiger partial charge >= 0.3 is 6.18 Å². The quantitative estimate of drug-likeness (QED) is 0.247. The Morgan fingerprint density at radius 1 is 1.31 bits per heavy atom. The number of alkyl halides is 3. The summed E-state index contributed by atoms with van der Waals surface area (Å²) in [4.78, 5) is 23.4. The van der Waals surface area contributed by atoms with Crippen LogP contribution >= 0.6 is 12.2 Å². The highest BCUT2D eigenvalue weighted by molar-refractivity contribution is 7.92. The van der Waals surface area contributed by atoms with Crippen LogP contribution in [0.25, 0.3) is 0 Å². The van der Waals surface area contributed by atoms with E-state index < -0.39 is 44.9 Å². The van der Waals surface area contributed by atoms with E-state index in [1.807, 2.05) is 0 Å². The molecule has 2 atom stereocenters. The van der Waals surface area contributed by atoms with Crippen LogP contribution < -0.4 is 25.4 Å². The molecule has 200 valence electrons. The summed E-state index contributed by atoms with van der Waals surface area (Å²) >= 11 is 4.99. The molecule has 0 bridgehead atoms. The van der Waals surface area contributed by atoms with E-state index in [0.717, 1.165) is 17.7 Å². The van der Waals surface area contributed by atoms with Crippen LogP contribution in [0.3, 0.4) is 0 Å². The fraction of sp³-hybridized carbons (Fsp3) is 0.500. The predicted molar refractivity (Wildman–Crippen MR) is 130 cm³/mol. The Hall–Kier alpha value is -2.87. The molecule has 9 nitrogen and oxygen atoms in total.